The Kier molecular flexibility index (Phi) is 9.06. The summed E-state index contributed by atoms with van der Waals surface area (Å²) < 4.78 is 0.956. The van der Waals surface area contributed by atoms with E-state index in [2.05, 4.69) is 52.4 Å². The molecule has 4 nitrogen and oxygen atoms in total. The molecule has 0 saturated carbocycles. The number of aryl methyl sites for hydroxylation is 1. The van der Waals surface area contributed by atoms with Crippen LogP contribution in [0.4, 0.5) is 0 Å². The molecular weight excluding hydrogens is 436 g/mol. The highest BCUT2D eigenvalue weighted by Crippen LogP contribution is 2.21. The Bertz CT molecular complexity index is 795. The molecule has 0 fully saturated rings. The van der Waals surface area contributed by atoms with Gasteiger partial charge >= 0.3 is 0 Å². The van der Waals surface area contributed by atoms with E-state index in [4.69, 9.17) is 0 Å². The van der Waals surface area contributed by atoms with Crippen molar-refractivity contribution in [2.24, 2.45) is 0 Å². The third-order valence-electron chi connectivity index (χ3n) is 4.37. The van der Waals surface area contributed by atoms with Crippen molar-refractivity contribution in [2.45, 2.75) is 44.7 Å². The molecule has 0 aliphatic rings. The maximum absolute atomic E-state index is 12.9. The van der Waals surface area contributed by atoms with Crippen LogP contribution in [0.1, 0.15) is 31.4 Å². The van der Waals surface area contributed by atoms with Crippen LogP contribution >= 0.6 is 27.7 Å². The molecule has 0 heterocycles. The van der Waals surface area contributed by atoms with Crippen molar-refractivity contribution in [3.8, 4) is 0 Å². The third-order valence-corrected chi connectivity index (χ3v) is 5.87. The first-order chi connectivity index (χ1) is 13.4. The van der Waals surface area contributed by atoms with Crippen molar-refractivity contribution in [3.05, 3.63) is 64.1 Å². The van der Waals surface area contributed by atoms with Crippen molar-refractivity contribution in [3.63, 3.8) is 0 Å². The van der Waals surface area contributed by atoms with E-state index in [1.807, 2.05) is 31.2 Å². The Morgan fingerprint density at radius 1 is 1.18 bits per heavy atom. The fourth-order valence-electron chi connectivity index (χ4n) is 2.77. The van der Waals surface area contributed by atoms with Gasteiger partial charge in [0.25, 0.3) is 0 Å². The average molecular weight is 463 g/mol. The summed E-state index contributed by atoms with van der Waals surface area (Å²) in [7, 11) is 0. The first-order valence-electron chi connectivity index (χ1n) is 9.41. The van der Waals surface area contributed by atoms with Crippen LogP contribution in [0.5, 0.6) is 0 Å². The molecule has 2 aromatic rings. The zero-order chi connectivity index (χ0) is 20.5. The molecule has 2 amide bonds. The van der Waals surface area contributed by atoms with Gasteiger partial charge in [-0.15, -0.1) is 11.8 Å². The lowest BCUT2D eigenvalue weighted by atomic mass is 10.1. The molecule has 0 unspecified atom stereocenters. The zero-order valence-corrected chi connectivity index (χ0v) is 19.0. The van der Waals surface area contributed by atoms with Crippen molar-refractivity contribution < 1.29 is 9.59 Å². The molecule has 0 spiro atoms. The van der Waals surface area contributed by atoms with E-state index in [0.29, 0.717) is 25.3 Å². The average Bonchev–Trinajstić information content (AvgIpc) is 2.67. The summed E-state index contributed by atoms with van der Waals surface area (Å²) in [6, 6.07) is 15.6. The number of carbonyl (C=O) groups excluding carboxylic acids is 2. The number of hydrogen-bond donors (Lipinski definition) is 1. The van der Waals surface area contributed by atoms with Crippen LogP contribution in [-0.4, -0.2) is 35.1 Å². The fourth-order valence-corrected chi connectivity index (χ4v) is 4.06. The molecule has 0 bridgehead atoms. The van der Waals surface area contributed by atoms with Gasteiger partial charge in [-0.3, -0.25) is 9.59 Å². The normalized spacial score (nSPS) is 11.7. The Balaban J connectivity index is 2.04. The number of hydrogen-bond acceptors (Lipinski definition) is 3. The fraction of sp³-hybridized carbons (Fsp3) is 0.364. The predicted octanol–water partition coefficient (Wildman–Crippen LogP) is 4.79. The highest BCUT2D eigenvalue weighted by molar-refractivity contribution is 9.10. The highest BCUT2D eigenvalue weighted by Gasteiger charge is 2.25. The van der Waals surface area contributed by atoms with E-state index in [9.17, 15) is 9.59 Å². The quantitative estimate of drug-likeness (QED) is 0.544. The van der Waals surface area contributed by atoms with Crippen LogP contribution in [0, 0.1) is 6.92 Å². The van der Waals surface area contributed by atoms with E-state index >= 15 is 0 Å². The first-order valence-corrected chi connectivity index (χ1v) is 11.2. The second-order valence-corrected chi connectivity index (χ2v) is 8.72. The van der Waals surface area contributed by atoms with Crippen LogP contribution in [0.3, 0.4) is 0 Å². The minimum absolute atomic E-state index is 0.0154. The van der Waals surface area contributed by atoms with Crippen LogP contribution < -0.4 is 5.32 Å². The number of rotatable bonds is 9. The smallest absolute Gasteiger partial charge is 0.242 e. The van der Waals surface area contributed by atoms with Gasteiger partial charge in [0.15, 0.2) is 0 Å². The molecule has 2 aromatic carbocycles. The highest BCUT2D eigenvalue weighted by atomic mass is 79.9. The minimum Gasteiger partial charge on any atom is -0.355 e. The summed E-state index contributed by atoms with van der Waals surface area (Å²) in [6.07, 6.45) is 0.385. The van der Waals surface area contributed by atoms with E-state index in [-0.39, 0.29) is 11.8 Å². The number of nitrogens with zero attached hydrogens (tertiary/aromatic N) is 1. The molecule has 1 N–H and O–H groups in total. The summed E-state index contributed by atoms with van der Waals surface area (Å²) in [5.41, 5.74) is 2.21. The number of nitrogens with one attached hydrogen (secondary N) is 1. The van der Waals surface area contributed by atoms with Gasteiger partial charge < -0.3 is 10.2 Å². The maximum Gasteiger partial charge on any atom is 0.242 e. The van der Waals surface area contributed by atoms with E-state index in [0.717, 1.165) is 14.9 Å². The Labute approximate surface area is 180 Å². The second kappa shape index (κ2) is 11.3. The monoisotopic (exact) mass is 462 g/mol. The molecular formula is C22H27BrN2O2S. The van der Waals surface area contributed by atoms with Crippen LogP contribution in [0.15, 0.2) is 57.9 Å². The van der Waals surface area contributed by atoms with Gasteiger partial charge in [-0.25, -0.2) is 0 Å². The van der Waals surface area contributed by atoms with Gasteiger partial charge in [-0.2, -0.15) is 0 Å². The lowest BCUT2D eigenvalue weighted by Crippen LogP contribution is -2.47. The Hall–Kier alpha value is -1.79. The molecule has 28 heavy (non-hydrogen) atoms. The SMILES string of the molecule is CCNC(=O)[C@@H](C)N(Cc1cccc(Br)c1)C(=O)CCSc1ccc(C)cc1. The molecule has 2 rings (SSSR count). The molecule has 150 valence electrons. The van der Waals surface area contributed by atoms with Gasteiger partial charge in [0.2, 0.25) is 11.8 Å². The van der Waals surface area contributed by atoms with Gasteiger partial charge in [0.1, 0.15) is 6.04 Å². The molecule has 0 aromatic heterocycles. The Morgan fingerprint density at radius 2 is 1.89 bits per heavy atom. The molecule has 6 heteroatoms. The van der Waals surface area contributed by atoms with Crippen LogP contribution in [-0.2, 0) is 16.1 Å². The van der Waals surface area contributed by atoms with E-state index < -0.39 is 6.04 Å². The van der Waals surface area contributed by atoms with Crippen molar-refractivity contribution in [1.82, 2.24) is 10.2 Å². The number of thioether (sulfide) groups is 1. The summed E-state index contributed by atoms with van der Waals surface area (Å²) >= 11 is 5.13. The van der Waals surface area contributed by atoms with E-state index in [1.165, 1.54) is 5.56 Å². The minimum atomic E-state index is -0.518. The van der Waals surface area contributed by atoms with Gasteiger partial charge in [-0.1, -0.05) is 45.8 Å². The summed E-state index contributed by atoms with van der Waals surface area (Å²) in [5, 5.41) is 2.82. The Morgan fingerprint density at radius 3 is 2.54 bits per heavy atom. The lowest BCUT2D eigenvalue weighted by Gasteiger charge is -2.28. The number of halogens is 1. The molecule has 0 radical (unpaired) electrons. The van der Waals surface area contributed by atoms with Gasteiger partial charge in [0.05, 0.1) is 0 Å². The second-order valence-electron chi connectivity index (χ2n) is 6.63. The summed E-state index contributed by atoms with van der Waals surface area (Å²) in [6.45, 7) is 6.68. The maximum atomic E-state index is 12.9. The largest absolute Gasteiger partial charge is 0.355 e. The number of amides is 2. The lowest BCUT2D eigenvalue weighted by molar-refractivity contribution is -0.140. The molecule has 0 aliphatic carbocycles. The standard InChI is InChI=1S/C22H27BrN2O2S/c1-4-24-22(27)17(3)25(15-18-6-5-7-19(23)14-18)21(26)12-13-28-20-10-8-16(2)9-11-20/h5-11,14,17H,4,12-13,15H2,1-3H3,(H,24,27)/t17-/m1/s1. The van der Waals surface area contributed by atoms with Crippen LogP contribution in [0.25, 0.3) is 0 Å². The third kappa shape index (κ3) is 6.99. The topological polar surface area (TPSA) is 49.4 Å². The summed E-state index contributed by atoms with van der Waals surface area (Å²) in [4.78, 5) is 28.1. The molecule has 0 saturated heterocycles. The van der Waals surface area contributed by atoms with Crippen LogP contribution in [0.2, 0.25) is 0 Å². The number of benzene rings is 2. The van der Waals surface area contributed by atoms with Crippen molar-refractivity contribution >= 4 is 39.5 Å². The summed E-state index contributed by atoms with van der Waals surface area (Å²) in [5.74, 6) is 0.536. The van der Waals surface area contributed by atoms with Crippen molar-refractivity contribution in [1.29, 1.82) is 0 Å². The predicted molar refractivity (Wildman–Crippen MR) is 119 cm³/mol. The molecule has 1 atom stereocenters. The number of carbonyl (C=O) groups is 2. The van der Waals surface area contributed by atoms with Gasteiger partial charge in [0, 0.05) is 34.6 Å². The van der Waals surface area contributed by atoms with E-state index in [1.54, 1.807) is 23.6 Å². The van der Waals surface area contributed by atoms with Gasteiger partial charge in [-0.05, 0) is 50.6 Å². The number of likely N-dealkylation sites (N-methyl/N-ethyl adjacent to an activating group) is 1. The first kappa shape index (κ1) is 22.5. The zero-order valence-electron chi connectivity index (χ0n) is 16.6. The van der Waals surface area contributed by atoms with Crippen molar-refractivity contribution in [2.75, 3.05) is 12.3 Å². The molecule has 0 aliphatic heterocycles.